The monoisotopic (exact) mass is 569 g/mol. The summed E-state index contributed by atoms with van der Waals surface area (Å²) < 4.78 is 57.0. The predicted molar refractivity (Wildman–Crippen MR) is 136 cm³/mol. The van der Waals surface area contributed by atoms with Crippen molar-refractivity contribution in [2.24, 2.45) is 0 Å². The van der Waals surface area contributed by atoms with E-state index in [2.05, 4.69) is 20.7 Å². The van der Waals surface area contributed by atoms with Crippen LogP contribution in [0.5, 0.6) is 0 Å². The number of carbonyl (C=O) groups excluding carboxylic acids is 1. The molecule has 1 unspecified atom stereocenters. The second-order valence-corrected chi connectivity index (χ2v) is 14.6. The van der Waals surface area contributed by atoms with Crippen LogP contribution in [0.25, 0.3) is 0 Å². The zero-order valence-electron chi connectivity index (χ0n) is 20.0. The van der Waals surface area contributed by atoms with Crippen LogP contribution in [0.15, 0.2) is 70.1 Å². The highest BCUT2D eigenvalue weighted by molar-refractivity contribution is 9.12. The molecule has 10 heteroatoms. The molecule has 0 spiro atoms. The molecule has 0 aliphatic heterocycles. The molecule has 0 heterocycles. The molecule has 0 fully saturated rings. The molecule has 2 aromatic rings. The molecule has 1 aliphatic rings. The van der Waals surface area contributed by atoms with Crippen molar-refractivity contribution < 1.29 is 26.8 Å². The standard InChI is InChI=1S/C24H29BrNO6PS/c1-22(2,3)31-33(28,32-23(4,5)6)24(26-34(29,30)17-12-8-7-9-13-17)16-20(25)21(27)18-14-10-11-15-19(18)24/h7-16,26H,1-6H3. The van der Waals surface area contributed by atoms with Gasteiger partial charge in [0.25, 0.3) is 0 Å². The number of allylic oxidation sites excluding steroid dienone is 1. The number of fused-ring (bicyclic) bond motifs is 1. The SMILES string of the molecule is CC(C)(C)OP(=O)(OC(C)(C)C)C1(NS(=O)(=O)c2ccccc2)C=C(Br)C(=O)c2ccccc21. The fourth-order valence-electron chi connectivity index (χ4n) is 3.58. The van der Waals surface area contributed by atoms with Crippen molar-refractivity contribution in [3.63, 3.8) is 0 Å². The molecule has 1 N–H and O–H groups in total. The summed E-state index contributed by atoms with van der Waals surface area (Å²) in [6.45, 7) is 10.2. The topological polar surface area (TPSA) is 98.8 Å². The van der Waals surface area contributed by atoms with Crippen LogP contribution >= 0.6 is 23.5 Å². The van der Waals surface area contributed by atoms with Gasteiger partial charge >= 0.3 is 7.60 Å². The normalized spacial score (nSPS) is 19.5. The van der Waals surface area contributed by atoms with Crippen LogP contribution in [0.3, 0.4) is 0 Å². The van der Waals surface area contributed by atoms with Crippen molar-refractivity contribution >= 4 is 39.3 Å². The minimum absolute atomic E-state index is 0.0358. The molecular weight excluding hydrogens is 541 g/mol. The summed E-state index contributed by atoms with van der Waals surface area (Å²) in [4.78, 5) is 12.9. The third-order valence-electron chi connectivity index (χ3n) is 4.70. The van der Waals surface area contributed by atoms with Crippen molar-refractivity contribution in [2.45, 2.75) is 62.9 Å². The van der Waals surface area contributed by atoms with E-state index in [0.717, 1.165) is 0 Å². The zero-order chi connectivity index (χ0) is 25.6. The van der Waals surface area contributed by atoms with Gasteiger partial charge in [-0.1, -0.05) is 42.5 Å². The Kier molecular flexibility index (Phi) is 7.24. The largest absolute Gasteiger partial charge is 0.361 e. The first-order chi connectivity index (χ1) is 15.5. The lowest BCUT2D eigenvalue weighted by molar-refractivity contribution is 0.0395. The van der Waals surface area contributed by atoms with Crippen LogP contribution in [0.1, 0.15) is 57.5 Å². The molecule has 0 bridgehead atoms. The van der Waals surface area contributed by atoms with Crippen molar-refractivity contribution in [1.82, 2.24) is 4.72 Å². The lowest BCUT2D eigenvalue weighted by Gasteiger charge is -2.44. The summed E-state index contributed by atoms with van der Waals surface area (Å²) >= 11 is 3.26. The maximum absolute atomic E-state index is 14.9. The zero-order valence-corrected chi connectivity index (χ0v) is 23.3. The minimum atomic E-state index is -4.43. The first kappa shape index (κ1) is 27.0. The molecule has 0 saturated carbocycles. The number of hydrogen-bond acceptors (Lipinski definition) is 6. The third-order valence-corrected chi connectivity index (χ3v) is 9.84. The number of halogens is 1. The Balaban J connectivity index is 2.41. The minimum Gasteiger partial charge on any atom is -0.301 e. The Labute approximate surface area is 209 Å². The predicted octanol–water partition coefficient (Wildman–Crippen LogP) is 6.12. The van der Waals surface area contributed by atoms with Crippen molar-refractivity contribution in [3.05, 3.63) is 76.3 Å². The molecule has 0 radical (unpaired) electrons. The van der Waals surface area contributed by atoms with E-state index in [4.69, 9.17) is 9.05 Å². The molecule has 0 aromatic heterocycles. The average molecular weight is 570 g/mol. The van der Waals surface area contributed by atoms with Crippen LogP contribution in [0, 0.1) is 0 Å². The molecule has 0 saturated heterocycles. The van der Waals surface area contributed by atoms with E-state index < -0.39 is 34.1 Å². The van der Waals surface area contributed by atoms with Gasteiger partial charge in [-0.3, -0.25) is 9.36 Å². The highest BCUT2D eigenvalue weighted by Crippen LogP contribution is 2.69. The highest BCUT2D eigenvalue weighted by atomic mass is 79.9. The molecule has 184 valence electrons. The third kappa shape index (κ3) is 5.45. The second kappa shape index (κ2) is 9.12. The summed E-state index contributed by atoms with van der Waals surface area (Å²) in [5.74, 6) is -0.372. The summed E-state index contributed by atoms with van der Waals surface area (Å²) in [7, 11) is -8.69. The number of ketones is 1. The van der Waals surface area contributed by atoms with Crippen molar-refractivity contribution in [3.8, 4) is 0 Å². The summed E-state index contributed by atoms with van der Waals surface area (Å²) in [5, 5.41) is -2.04. The Hall–Kier alpha value is -1.61. The van der Waals surface area contributed by atoms with Gasteiger partial charge < -0.3 is 9.05 Å². The maximum Gasteiger partial charge on any atom is 0.361 e. The smallest absolute Gasteiger partial charge is 0.301 e. The van der Waals surface area contributed by atoms with Gasteiger partial charge in [0.1, 0.15) is 0 Å². The number of sulfonamides is 1. The molecule has 7 nitrogen and oxygen atoms in total. The Bertz CT molecular complexity index is 1260. The lowest BCUT2D eigenvalue weighted by Crippen LogP contribution is -2.49. The Morgan fingerprint density at radius 2 is 1.38 bits per heavy atom. The molecule has 2 aromatic carbocycles. The molecule has 34 heavy (non-hydrogen) atoms. The maximum atomic E-state index is 14.9. The first-order valence-electron chi connectivity index (χ1n) is 10.6. The fourth-order valence-corrected chi connectivity index (χ4v) is 8.88. The van der Waals surface area contributed by atoms with E-state index >= 15 is 0 Å². The van der Waals surface area contributed by atoms with E-state index in [1.807, 2.05) is 0 Å². The average Bonchev–Trinajstić information content (AvgIpc) is 2.69. The van der Waals surface area contributed by atoms with Gasteiger partial charge in [-0.05, 0) is 75.7 Å². The number of nitrogens with one attached hydrogen (secondary N) is 1. The lowest BCUT2D eigenvalue weighted by atomic mass is 9.92. The van der Waals surface area contributed by atoms with Gasteiger partial charge in [0.2, 0.25) is 10.0 Å². The fraction of sp³-hybridized carbons (Fsp3) is 0.375. The first-order valence-corrected chi connectivity index (χ1v) is 14.4. The van der Waals surface area contributed by atoms with Crippen molar-refractivity contribution in [1.29, 1.82) is 0 Å². The van der Waals surface area contributed by atoms with E-state index in [1.54, 1.807) is 84.0 Å². The summed E-state index contributed by atoms with van der Waals surface area (Å²) in [6, 6.07) is 14.1. The van der Waals surface area contributed by atoms with Crippen LogP contribution < -0.4 is 4.72 Å². The van der Waals surface area contributed by atoms with Gasteiger partial charge in [-0.25, -0.2) is 8.42 Å². The van der Waals surface area contributed by atoms with Crippen LogP contribution in [-0.4, -0.2) is 25.4 Å². The number of hydrogen-bond donors (Lipinski definition) is 1. The Morgan fingerprint density at radius 1 is 0.882 bits per heavy atom. The summed E-state index contributed by atoms with van der Waals surface area (Å²) in [5.41, 5.74) is -1.60. The molecule has 1 atom stereocenters. The van der Waals surface area contributed by atoms with E-state index in [1.165, 1.54) is 18.2 Å². The quantitative estimate of drug-likeness (QED) is 0.421. The van der Waals surface area contributed by atoms with E-state index in [-0.39, 0.29) is 26.3 Å². The number of rotatable bonds is 6. The molecule has 0 amide bonds. The number of carbonyl (C=O) groups is 1. The van der Waals surface area contributed by atoms with Gasteiger partial charge in [0.15, 0.2) is 11.1 Å². The van der Waals surface area contributed by atoms with Gasteiger partial charge in [0, 0.05) is 11.1 Å². The molecular formula is C24H29BrNO6PS. The van der Waals surface area contributed by atoms with Gasteiger partial charge in [-0.15, -0.1) is 0 Å². The van der Waals surface area contributed by atoms with Crippen LogP contribution in [0.4, 0.5) is 0 Å². The number of benzene rings is 2. The van der Waals surface area contributed by atoms with Gasteiger partial charge in [0.05, 0.1) is 20.6 Å². The molecule has 3 rings (SSSR count). The Morgan fingerprint density at radius 3 is 1.91 bits per heavy atom. The molecule has 1 aliphatic carbocycles. The highest BCUT2D eigenvalue weighted by Gasteiger charge is 2.59. The van der Waals surface area contributed by atoms with Crippen LogP contribution in [0.2, 0.25) is 0 Å². The van der Waals surface area contributed by atoms with Crippen molar-refractivity contribution in [2.75, 3.05) is 0 Å². The van der Waals surface area contributed by atoms with Crippen LogP contribution in [-0.2, 0) is 28.9 Å². The van der Waals surface area contributed by atoms with E-state index in [9.17, 15) is 17.8 Å². The second-order valence-electron chi connectivity index (χ2n) is 9.96. The van der Waals surface area contributed by atoms with Gasteiger partial charge in [-0.2, -0.15) is 4.72 Å². The van der Waals surface area contributed by atoms with E-state index in [0.29, 0.717) is 0 Å². The summed E-state index contributed by atoms with van der Waals surface area (Å²) in [6.07, 6.45) is 1.29. The number of Topliss-reactive ketones (excluding diaryl/α,β-unsaturated/α-hetero) is 1.